The molecule has 0 amide bonds. The van der Waals surface area contributed by atoms with Crippen LogP contribution in [0.1, 0.15) is 51.9 Å². The number of hydrogen-bond donors (Lipinski definition) is 1. The number of unbranched alkanes of at least 4 members (excludes halogenated alkanes) is 3. The lowest BCUT2D eigenvalue weighted by atomic mass is 10.1. The Labute approximate surface area is 75.5 Å². The summed E-state index contributed by atoms with van der Waals surface area (Å²) < 4.78 is 0. The summed E-state index contributed by atoms with van der Waals surface area (Å²) in [5.74, 6) is 0.386. The van der Waals surface area contributed by atoms with E-state index in [-0.39, 0.29) is 0 Å². The zero-order chi connectivity index (χ0) is 9.23. The maximum atomic E-state index is 11.1. The monoisotopic (exact) mass is 171 g/mol. The Morgan fingerprint density at radius 2 is 1.75 bits per heavy atom. The highest BCUT2D eigenvalue weighted by atomic mass is 16.1. The molecule has 0 atom stereocenters. The topological polar surface area (TPSA) is 43.1 Å². The maximum Gasteiger partial charge on any atom is 0.132 e. The van der Waals surface area contributed by atoms with Crippen LogP contribution in [0.3, 0.4) is 0 Å². The first-order chi connectivity index (χ1) is 5.81. The molecule has 0 aliphatic rings. The molecule has 0 aromatic rings. The van der Waals surface area contributed by atoms with Crippen molar-refractivity contribution in [2.24, 2.45) is 5.73 Å². The molecule has 0 radical (unpaired) electrons. The van der Waals surface area contributed by atoms with E-state index in [4.69, 9.17) is 5.73 Å². The molecular formula is C10H21NO. The molecule has 2 nitrogen and oxygen atoms in total. The third kappa shape index (κ3) is 7.73. The summed E-state index contributed by atoms with van der Waals surface area (Å²) in [7, 11) is 0. The molecule has 72 valence electrons. The molecule has 0 spiro atoms. The zero-order valence-electron chi connectivity index (χ0n) is 8.14. The van der Waals surface area contributed by atoms with Crippen LogP contribution in [0.25, 0.3) is 0 Å². The summed E-state index contributed by atoms with van der Waals surface area (Å²) in [6.07, 6.45) is 7.05. The number of hydrogen-bond acceptors (Lipinski definition) is 2. The number of carbonyl (C=O) groups excluding carboxylic acids is 1. The average molecular weight is 171 g/mol. The van der Waals surface area contributed by atoms with Gasteiger partial charge in [-0.2, -0.15) is 0 Å². The van der Waals surface area contributed by atoms with Crippen molar-refractivity contribution in [2.45, 2.75) is 51.9 Å². The number of nitrogens with two attached hydrogens (primary N) is 1. The van der Waals surface area contributed by atoms with Crippen molar-refractivity contribution >= 4 is 5.78 Å². The fraction of sp³-hybridized carbons (Fsp3) is 0.900. The van der Waals surface area contributed by atoms with Gasteiger partial charge < -0.3 is 5.73 Å². The standard InChI is InChI=1S/C10H21NO/c1-2-3-4-5-7-10(12)8-6-9-11/h2-9,11H2,1H3. The Morgan fingerprint density at radius 1 is 1.08 bits per heavy atom. The first-order valence-electron chi connectivity index (χ1n) is 5.03. The molecule has 0 fully saturated rings. The summed E-state index contributed by atoms with van der Waals surface area (Å²) in [5.41, 5.74) is 5.30. The molecule has 0 rings (SSSR count). The van der Waals surface area contributed by atoms with Crippen molar-refractivity contribution in [3.63, 3.8) is 0 Å². The second-order valence-electron chi connectivity index (χ2n) is 3.24. The van der Waals surface area contributed by atoms with Crippen LogP contribution in [0, 0.1) is 0 Å². The summed E-state index contributed by atoms with van der Waals surface area (Å²) in [6.45, 7) is 2.82. The number of Topliss-reactive ketones (excluding diaryl/α,β-unsaturated/α-hetero) is 1. The first kappa shape index (κ1) is 11.6. The minimum atomic E-state index is 0.386. The largest absolute Gasteiger partial charge is 0.330 e. The predicted octanol–water partition coefficient (Wildman–Crippen LogP) is 2.26. The van der Waals surface area contributed by atoms with E-state index in [0.717, 1.165) is 19.3 Å². The lowest BCUT2D eigenvalue weighted by Crippen LogP contribution is -2.04. The van der Waals surface area contributed by atoms with Gasteiger partial charge in [0.2, 0.25) is 0 Å². The van der Waals surface area contributed by atoms with Gasteiger partial charge in [0.05, 0.1) is 0 Å². The highest BCUT2D eigenvalue weighted by Gasteiger charge is 1.99. The van der Waals surface area contributed by atoms with Gasteiger partial charge in [-0.15, -0.1) is 0 Å². The molecule has 0 heterocycles. The van der Waals surface area contributed by atoms with Crippen molar-refractivity contribution < 1.29 is 4.79 Å². The van der Waals surface area contributed by atoms with Crippen molar-refractivity contribution in [1.29, 1.82) is 0 Å². The highest BCUT2D eigenvalue weighted by molar-refractivity contribution is 5.78. The third-order valence-corrected chi connectivity index (χ3v) is 1.97. The van der Waals surface area contributed by atoms with Crippen LogP contribution in [0.15, 0.2) is 0 Å². The van der Waals surface area contributed by atoms with Gasteiger partial charge in [0.15, 0.2) is 0 Å². The lowest BCUT2D eigenvalue weighted by Gasteiger charge is -1.98. The molecular weight excluding hydrogens is 150 g/mol. The average Bonchev–Trinajstić information content (AvgIpc) is 2.09. The fourth-order valence-corrected chi connectivity index (χ4v) is 1.17. The minimum Gasteiger partial charge on any atom is -0.330 e. The normalized spacial score (nSPS) is 10.2. The molecule has 0 aromatic carbocycles. The van der Waals surface area contributed by atoms with E-state index in [1.807, 2.05) is 0 Å². The Hall–Kier alpha value is -0.370. The van der Waals surface area contributed by atoms with Gasteiger partial charge >= 0.3 is 0 Å². The number of ketones is 1. The van der Waals surface area contributed by atoms with Gasteiger partial charge in [-0.05, 0) is 19.4 Å². The zero-order valence-corrected chi connectivity index (χ0v) is 8.14. The third-order valence-electron chi connectivity index (χ3n) is 1.97. The molecule has 0 saturated carbocycles. The van der Waals surface area contributed by atoms with Crippen LogP contribution >= 0.6 is 0 Å². The molecule has 0 saturated heterocycles. The van der Waals surface area contributed by atoms with Crippen LogP contribution in [0.5, 0.6) is 0 Å². The van der Waals surface area contributed by atoms with E-state index in [1.54, 1.807) is 0 Å². The predicted molar refractivity (Wildman–Crippen MR) is 52.1 cm³/mol. The van der Waals surface area contributed by atoms with Crippen molar-refractivity contribution in [3.8, 4) is 0 Å². The van der Waals surface area contributed by atoms with E-state index in [2.05, 4.69) is 6.92 Å². The van der Waals surface area contributed by atoms with Crippen molar-refractivity contribution in [2.75, 3.05) is 6.54 Å². The van der Waals surface area contributed by atoms with Gasteiger partial charge in [0.25, 0.3) is 0 Å². The SMILES string of the molecule is CCCCCCC(=O)CCCN. The summed E-state index contributed by atoms with van der Waals surface area (Å²) in [4.78, 5) is 11.1. The molecule has 0 bridgehead atoms. The Bertz CT molecular complexity index is 112. The summed E-state index contributed by atoms with van der Waals surface area (Å²) in [6, 6.07) is 0. The first-order valence-corrected chi connectivity index (χ1v) is 5.03. The molecule has 2 heteroatoms. The van der Waals surface area contributed by atoms with E-state index < -0.39 is 0 Å². The molecule has 0 aromatic heterocycles. The molecule has 12 heavy (non-hydrogen) atoms. The molecule has 2 N–H and O–H groups in total. The summed E-state index contributed by atoms with van der Waals surface area (Å²) in [5, 5.41) is 0. The minimum absolute atomic E-state index is 0.386. The van der Waals surface area contributed by atoms with Gasteiger partial charge in [-0.1, -0.05) is 26.2 Å². The maximum absolute atomic E-state index is 11.1. The Morgan fingerprint density at radius 3 is 2.33 bits per heavy atom. The molecule has 0 aliphatic carbocycles. The van der Waals surface area contributed by atoms with Crippen molar-refractivity contribution in [3.05, 3.63) is 0 Å². The number of rotatable bonds is 8. The van der Waals surface area contributed by atoms with Gasteiger partial charge in [-0.3, -0.25) is 4.79 Å². The molecule has 0 aliphatic heterocycles. The second-order valence-corrected chi connectivity index (χ2v) is 3.24. The van der Waals surface area contributed by atoms with Gasteiger partial charge in [-0.25, -0.2) is 0 Å². The van der Waals surface area contributed by atoms with Crippen molar-refractivity contribution in [1.82, 2.24) is 0 Å². The summed E-state index contributed by atoms with van der Waals surface area (Å²) >= 11 is 0. The lowest BCUT2D eigenvalue weighted by molar-refractivity contribution is -0.119. The van der Waals surface area contributed by atoms with Crippen LogP contribution in [0.2, 0.25) is 0 Å². The smallest absolute Gasteiger partial charge is 0.132 e. The van der Waals surface area contributed by atoms with Crippen LogP contribution in [0.4, 0.5) is 0 Å². The highest BCUT2D eigenvalue weighted by Crippen LogP contribution is 2.04. The van der Waals surface area contributed by atoms with E-state index in [0.29, 0.717) is 18.7 Å². The van der Waals surface area contributed by atoms with Gasteiger partial charge in [0.1, 0.15) is 5.78 Å². The second kappa shape index (κ2) is 8.72. The van der Waals surface area contributed by atoms with Crippen LogP contribution < -0.4 is 5.73 Å². The quantitative estimate of drug-likeness (QED) is 0.569. The van der Waals surface area contributed by atoms with E-state index in [1.165, 1.54) is 19.3 Å². The fourth-order valence-electron chi connectivity index (χ4n) is 1.17. The van der Waals surface area contributed by atoms with E-state index >= 15 is 0 Å². The van der Waals surface area contributed by atoms with Crippen LogP contribution in [-0.4, -0.2) is 12.3 Å². The Balaban J connectivity index is 3.08. The van der Waals surface area contributed by atoms with Crippen LogP contribution in [-0.2, 0) is 4.79 Å². The van der Waals surface area contributed by atoms with E-state index in [9.17, 15) is 4.79 Å². The van der Waals surface area contributed by atoms with Gasteiger partial charge in [0, 0.05) is 12.8 Å². The number of carbonyl (C=O) groups is 1. The Kier molecular flexibility index (Phi) is 8.46. The molecule has 0 unspecified atom stereocenters.